The fourth-order valence-electron chi connectivity index (χ4n) is 2.12. The number of aliphatic carboxylic acids is 1. The molecule has 0 aliphatic carbocycles. The van der Waals surface area contributed by atoms with Crippen LogP contribution < -0.4 is 5.11 Å². The lowest BCUT2D eigenvalue weighted by Crippen LogP contribution is -2.16. The normalized spacial score (nSPS) is 10.2. The van der Waals surface area contributed by atoms with Gasteiger partial charge in [-0.1, -0.05) is 0 Å². The lowest BCUT2D eigenvalue weighted by Gasteiger charge is -2.08. The monoisotopic (exact) mass is 376 g/mol. The van der Waals surface area contributed by atoms with E-state index in [-0.39, 0.29) is 17.5 Å². The van der Waals surface area contributed by atoms with E-state index in [0.717, 1.165) is 21.6 Å². The summed E-state index contributed by atoms with van der Waals surface area (Å²) in [4.78, 5) is 11.6. The maximum atomic E-state index is 13.2. The van der Waals surface area contributed by atoms with Gasteiger partial charge in [0.05, 0.1) is 10.9 Å². The van der Waals surface area contributed by atoms with Gasteiger partial charge in [0.15, 0.2) is 14.7 Å². The molecule has 3 aromatic rings. The third-order valence-electron chi connectivity index (χ3n) is 3.15. The van der Waals surface area contributed by atoms with Crippen LogP contribution in [0.1, 0.15) is 6.92 Å². The summed E-state index contributed by atoms with van der Waals surface area (Å²) in [6.45, 7) is 0.972. The third kappa shape index (κ3) is 5.67. The van der Waals surface area contributed by atoms with Gasteiger partial charge in [-0.05, 0) is 79.7 Å². The van der Waals surface area contributed by atoms with Crippen LogP contribution in [-0.4, -0.2) is 5.97 Å². The zero-order valence-corrected chi connectivity index (χ0v) is 14.6. The van der Waals surface area contributed by atoms with Crippen molar-refractivity contribution in [1.29, 1.82) is 0 Å². The Bertz CT molecular complexity index is 736. The molecule has 0 spiro atoms. The van der Waals surface area contributed by atoms with Gasteiger partial charge in [0.1, 0.15) is 17.5 Å². The number of carbonyl (C=O) groups excluding carboxylic acids is 1. The molecule has 2 nitrogen and oxygen atoms in total. The van der Waals surface area contributed by atoms with Crippen molar-refractivity contribution >= 4 is 16.9 Å². The highest BCUT2D eigenvalue weighted by Gasteiger charge is 2.28. The highest BCUT2D eigenvalue weighted by Crippen LogP contribution is 2.31. The molecule has 6 heteroatoms. The number of benzene rings is 3. The number of carboxylic acids is 1. The van der Waals surface area contributed by atoms with Gasteiger partial charge in [-0.3, -0.25) is 0 Å². The third-order valence-corrected chi connectivity index (χ3v) is 5.38. The molecule has 0 amide bonds. The predicted octanol–water partition coefficient (Wildman–Crippen LogP) is 3.96. The molecule has 0 bridgehead atoms. The van der Waals surface area contributed by atoms with Crippen LogP contribution in [0.4, 0.5) is 13.2 Å². The SMILES string of the molecule is CC(=O)[O-].Fc1ccc([S+](c2ccc(F)cc2)c2ccc(F)cc2)cc1. The molecular weight excluding hydrogens is 361 g/mol. The second-order valence-corrected chi connectivity index (χ2v) is 7.19. The fraction of sp³-hybridized carbons (Fsp3) is 0.0500. The van der Waals surface area contributed by atoms with E-state index in [2.05, 4.69) is 0 Å². The Kier molecular flexibility index (Phi) is 6.86. The summed E-state index contributed by atoms with van der Waals surface area (Å²) in [6.07, 6.45) is 0. The number of halogens is 3. The molecule has 0 saturated carbocycles. The summed E-state index contributed by atoms with van der Waals surface area (Å²) in [5.74, 6) is -2.03. The van der Waals surface area contributed by atoms with Gasteiger partial charge in [-0.2, -0.15) is 0 Å². The Morgan fingerprint density at radius 1 is 0.654 bits per heavy atom. The highest BCUT2D eigenvalue weighted by atomic mass is 32.2. The minimum absolute atomic E-state index is 0.314. The van der Waals surface area contributed by atoms with Crippen LogP contribution in [0.5, 0.6) is 0 Å². The van der Waals surface area contributed by atoms with E-state index in [1.54, 1.807) is 36.4 Å². The van der Waals surface area contributed by atoms with Gasteiger partial charge in [-0.25, -0.2) is 13.2 Å². The number of carbonyl (C=O) groups is 1. The number of hydrogen-bond donors (Lipinski definition) is 0. The van der Waals surface area contributed by atoms with E-state index in [4.69, 9.17) is 9.90 Å². The first kappa shape index (κ1) is 19.6. The first-order chi connectivity index (χ1) is 12.4. The zero-order chi connectivity index (χ0) is 19.1. The largest absolute Gasteiger partial charge is 0.550 e. The van der Waals surface area contributed by atoms with Crippen LogP contribution >= 0.6 is 0 Å². The maximum Gasteiger partial charge on any atom is 0.166 e. The van der Waals surface area contributed by atoms with Crippen LogP contribution in [0.15, 0.2) is 87.5 Å². The average Bonchev–Trinajstić information content (AvgIpc) is 2.60. The van der Waals surface area contributed by atoms with Gasteiger partial charge in [0.25, 0.3) is 0 Å². The molecule has 0 N–H and O–H groups in total. The van der Waals surface area contributed by atoms with Crippen LogP contribution in [-0.2, 0) is 15.7 Å². The Hall–Kier alpha value is -2.73. The van der Waals surface area contributed by atoms with Gasteiger partial charge < -0.3 is 9.90 Å². The standard InChI is InChI=1S/C18H12F3S.C2H4O2/c19-13-1-7-16(8-2-13)22(17-9-3-14(20)4-10-17)18-11-5-15(21)6-12-18;1-2(3)4/h1-12H;1H3,(H,3,4)/q+1;/p-1. The van der Waals surface area contributed by atoms with E-state index >= 15 is 0 Å². The summed E-state index contributed by atoms with van der Waals surface area (Å²) in [7, 11) is -0.539. The summed E-state index contributed by atoms with van der Waals surface area (Å²) in [5, 5.41) is 8.89. The molecule has 0 heterocycles. The summed E-state index contributed by atoms with van der Waals surface area (Å²) in [5.41, 5.74) is 0. The van der Waals surface area contributed by atoms with E-state index < -0.39 is 16.9 Å². The summed E-state index contributed by atoms with van der Waals surface area (Å²) >= 11 is 0. The van der Waals surface area contributed by atoms with Crippen molar-refractivity contribution in [2.75, 3.05) is 0 Å². The van der Waals surface area contributed by atoms with Crippen molar-refractivity contribution in [1.82, 2.24) is 0 Å². The number of rotatable bonds is 3. The maximum absolute atomic E-state index is 13.2. The molecule has 134 valence electrons. The van der Waals surface area contributed by atoms with Crippen LogP contribution in [0.2, 0.25) is 0 Å². The topological polar surface area (TPSA) is 40.1 Å². The Morgan fingerprint density at radius 2 is 0.846 bits per heavy atom. The van der Waals surface area contributed by atoms with Crippen molar-refractivity contribution in [3.8, 4) is 0 Å². The Morgan fingerprint density at radius 3 is 1.04 bits per heavy atom. The lowest BCUT2D eigenvalue weighted by atomic mass is 10.3. The molecule has 0 fully saturated rings. The van der Waals surface area contributed by atoms with Crippen molar-refractivity contribution in [2.24, 2.45) is 0 Å². The van der Waals surface area contributed by atoms with E-state index in [0.29, 0.717) is 0 Å². The molecule has 3 rings (SSSR count). The van der Waals surface area contributed by atoms with Crippen molar-refractivity contribution in [3.63, 3.8) is 0 Å². The first-order valence-electron chi connectivity index (χ1n) is 7.55. The first-order valence-corrected chi connectivity index (χ1v) is 8.78. The Balaban J connectivity index is 0.000000552. The zero-order valence-electron chi connectivity index (χ0n) is 13.8. The fourth-order valence-corrected chi connectivity index (χ4v) is 4.16. The Labute approximate surface area is 152 Å². The van der Waals surface area contributed by atoms with Crippen LogP contribution in [0, 0.1) is 17.5 Å². The summed E-state index contributed by atoms with van der Waals surface area (Å²) < 4.78 is 39.5. The molecule has 0 aliphatic rings. The smallest absolute Gasteiger partial charge is 0.166 e. The minimum atomic E-state index is -1.08. The van der Waals surface area contributed by atoms with Gasteiger partial charge >= 0.3 is 0 Å². The molecule has 0 atom stereocenters. The lowest BCUT2D eigenvalue weighted by molar-refractivity contribution is -0.302. The van der Waals surface area contributed by atoms with Gasteiger partial charge in [0.2, 0.25) is 0 Å². The van der Waals surface area contributed by atoms with Crippen LogP contribution in [0.3, 0.4) is 0 Å². The van der Waals surface area contributed by atoms with Crippen molar-refractivity contribution < 1.29 is 23.1 Å². The van der Waals surface area contributed by atoms with Crippen molar-refractivity contribution in [3.05, 3.63) is 90.2 Å². The predicted molar refractivity (Wildman–Crippen MR) is 92.0 cm³/mol. The summed E-state index contributed by atoms with van der Waals surface area (Å²) in [6, 6.07) is 18.5. The quantitative estimate of drug-likeness (QED) is 0.650. The second kappa shape index (κ2) is 9.10. The highest BCUT2D eigenvalue weighted by molar-refractivity contribution is 7.97. The second-order valence-electron chi connectivity index (χ2n) is 5.16. The minimum Gasteiger partial charge on any atom is -0.550 e. The number of carboxylic acid groups (broad SMARTS) is 1. The van der Waals surface area contributed by atoms with Gasteiger partial charge in [-0.15, -0.1) is 0 Å². The average molecular weight is 376 g/mol. The number of hydrogen-bond acceptors (Lipinski definition) is 2. The molecule has 0 saturated heterocycles. The molecule has 0 aromatic heterocycles. The molecule has 0 aliphatic heterocycles. The van der Waals surface area contributed by atoms with Crippen molar-refractivity contribution in [2.45, 2.75) is 21.6 Å². The molecule has 26 heavy (non-hydrogen) atoms. The molecule has 3 aromatic carbocycles. The molecule has 0 unspecified atom stereocenters. The van der Waals surface area contributed by atoms with Crippen LogP contribution in [0.25, 0.3) is 0 Å². The van der Waals surface area contributed by atoms with Gasteiger partial charge in [0, 0.05) is 5.97 Å². The molecular formula is C20H15F3O2S. The van der Waals surface area contributed by atoms with E-state index in [1.807, 2.05) is 0 Å². The molecule has 0 radical (unpaired) electrons. The van der Waals surface area contributed by atoms with E-state index in [9.17, 15) is 13.2 Å². The van der Waals surface area contributed by atoms with E-state index in [1.165, 1.54) is 36.4 Å².